The van der Waals surface area contributed by atoms with E-state index in [-0.39, 0.29) is 5.97 Å². The third kappa shape index (κ3) is 8.43. The van der Waals surface area contributed by atoms with Gasteiger partial charge in [-0.2, -0.15) is 0 Å². The summed E-state index contributed by atoms with van der Waals surface area (Å²) in [5.74, 6) is 1.05. The van der Waals surface area contributed by atoms with Crippen molar-refractivity contribution < 1.29 is 9.53 Å². The van der Waals surface area contributed by atoms with Crippen LogP contribution in [0.25, 0.3) is 0 Å². The van der Waals surface area contributed by atoms with E-state index >= 15 is 0 Å². The highest BCUT2D eigenvalue weighted by atomic mass is 32.2. The minimum absolute atomic E-state index is 0.141. The molecule has 0 saturated heterocycles. The number of unbranched alkanes of at least 4 members (excludes halogenated alkanes) is 1. The van der Waals surface area contributed by atoms with Crippen LogP contribution >= 0.6 is 35.5 Å². The average Bonchev–Trinajstić information content (AvgIpc) is 2.99. The topological polar surface area (TPSA) is 32.8 Å². The van der Waals surface area contributed by atoms with Crippen molar-refractivity contribution in [1.82, 2.24) is 4.31 Å². The molecular formula is C27H40N2O2S3. The van der Waals surface area contributed by atoms with Crippen LogP contribution in [0, 0.1) is 0 Å². The predicted molar refractivity (Wildman–Crippen MR) is 153 cm³/mol. The number of anilines is 2. The molecule has 0 radical (unpaired) electrons. The predicted octanol–water partition coefficient (Wildman–Crippen LogP) is 7.88. The summed E-state index contributed by atoms with van der Waals surface area (Å²) in [6.45, 7) is 9.86. The molecule has 0 aliphatic carbocycles. The molecule has 1 aliphatic rings. The number of nitrogens with zero attached hydrogens (tertiary/aromatic N) is 2. The second-order valence-corrected chi connectivity index (χ2v) is 11.1. The fraction of sp³-hybridized carbons (Fsp3) is 0.519. The number of rotatable bonds is 9. The number of fused-ring (bicyclic) bond motifs is 1. The van der Waals surface area contributed by atoms with Gasteiger partial charge in [-0.15, -0.1) is 23.5 Å². The number of hydrogen-bond acceptors (Lipinski definition) is 7. The molecule has 2 aromatic rings. The minimum Gasteiger partial charge on any atom is -0.465 e. The third-order valence-corrected chi connectivity index (χ3v) is 8.51. The van der Waals surface area contributed by atoms with E-state index in [1.54, 1.807) is 23.5 Å². The van der Waals surface area contributed by atoms with Crippen LogP contribution < -0.4 is 4.90 Å². The van der Waals surface area contributed by atoms with Gasteiger partial charge in [0, 0.05) is 33.8 Å². The van der Waals surface area contributed by atoms with E-state index in [9.17, 15) is 4.79 Å². The van der Waals surface area contributed by atoms with Crippen LogP contribution in [0.2, 0.25) is 0 Å². The molecule has 0 N–H and O–H groups in total. The zero-order chi connectivity index (χ0) is 24.9. The monoisotopic (exact) mass is 520 g/mol. The number of thioether (sulfide) groups is 2. The molecule has 188 valence electrons. The summed E-state index contributed by atoms with van der Waals surface area (Å²) in [6, 6.07) is 15.8. The quantitative estimate of drug-likeness (QED) is 0.189. The van der Waals surface area contributed by atoms with Crippen LogP contribution in [0.5, 0.6) is 0 Å². The molecule has 0 aromatic heterocycles. The molecule has 1 atom stereocenters. The maximum Gasteiger partial charge on any atom is 0.315 e. The van der Waals surface area contributed by atoms with Crippen LogP contribution in [0.1, 0.15) is 52.5 Å². The molecule has 0 bridgehead atoms. The van der Waals surface area contributed by atoms with Gasteiger partial charge in [-0.25, -0.2) is 4.31 Å². The summed E-state index contributed by atoms with van der Waals surface area (Å²) in [6.07, 6.45) is 5.86. The van der Waals surface area contributed by atoms with Crippen molar-refractivity contribution in [3.63, 3.8) is 0 Å². The van der Waals surface area contributed by atoms with E-state index < -0.39 is 0 Å². The first kappa shape index (κ1) is 29.0. The SMILES string of the molecule is CCCC.CCOC(=O)CSCc1cc2c(cc1SC)N(c1ccccc1)CC(CC)N(C)S2. The lowest BCUT2D eigenvalue weighted by atomic mass is 10.1. The van der Waals surface area contributed by atoms with Crippen molar-refractivity contribution in [2.45, 2.75) is 68.5 Å². The smallest absolute Gasteiger partial charge is 0.315 e. The van der Waals surface area contributed by atoms with Gasteiger partial charge in [0.2, 0.25) is 0 Å². The van der Waals surface area contributed by atoms with Gasteiger partial charge in [0.25, 0.3) is 0 Å². The van der Waals surface area contributed by atoms with Gasteiger partial charge in [-0.1, -0.05) is 51.8 Å². The Balaban J connectivity index is 0.000000945. The van der Waals surface area contributed by atoms with Gasteiger partial charge in [0.15, 0.2) is 0 Å². The molecule has 1 aliphatic heterocycles. The van der Waals surface area contributed by atoms with Gasteiger partial charge >= 0.3 is 5.97 Å². The Bertz CT molecular complexity index is 878. The van der Waals surface area contributed by atoms with Crippen LogP contribution in [-0.4, -0.2) is 48.5 Å². The molecule has 4 nitrogen and oxygen atoms in total. The lowest BCUT2D eigenvalue weighted by Crippen LogP contribution is -2.34. The van der Waals surface area contributed by atoms with Crippen molar-refractivity contribution in [3.05, 3.63) is 48.0 Å². The number of hydrogen-bond donors (Lipinski definition) is 0. The molecule has 7 heteroatoms. The van der Waals surface area contributed by atoms with Crippen LogP contribution in [0.15, 0.2) is 52.3 Å². The van der Waals surface area contributed by atoms with Crippen molar-refractivity contribution >= 4 is 52.8 Å². The number of esters is 1. The standard InChI is InChI=1S/C23H30N2O2S3.C4H10/c1-5-18-14-25(19-10-8-7-9-11-19)20-13-21(28-4)17(12-22(20)30-24(18)3)15-29-16-23(26)27-6-2;1-3-4-2/h7-13,18H,5-6,14-16H2,1-4H3;3-4H2,1-2H3. The number of para-hydroxylation sites is 1. The first-order valence-electron chi connectivity index (χ1n) is 12.2. The highest BCUT2D eigenvalue weighted by Gasteiger charge is 2.27. The summed E-state index contributed by atoms with van der Waals surface area (Å²) in [5, 5.41) is 0. The van der Waals surface area contributed by atoms with E-state index in [2.05, 4.69) is 85.7 Å². The van der Waals surface area contributed by atoms with Crippen molar-refractivity contribution in [1.29, 1.82) is 0 Å². The second-order valence-electron chi connectivity index (χ2n) is 8.08. The fourth-order valence-corrected chi connectivity index (χ4v) is 6.18. The van der Waals surface area contributed by atoms with E-state index in [0.29, 0.717) is 18.4 Å². The molecule has 0 fully saturated rings. The lowest BCUT2D eigenvalue weighted by molar-refractivity contribution is -0.139. The second kappa shape index (κ2) is 15.7. The third-order valence-electron chi connectivity index (χ3n) is 5.62. The molecule has 3 rings (SSSR count). The van der Waals surface area contributed by atoms with Gasteiger partial charge in [0.05, 0.1) is 18.0 Å². The highest BCUT2D eigenvalue weighted by Crippen LogP contribution is 2.44. The molecule has 0 saturated carbocycles. The Morgan fingerprint density at radius 1 is 1.12 bits per heavy atom. The summed E-state index contributed by atoms with van der Waals surface area (Å²) in [4.78, 5) is 16.7. The van der Waals surface area contributed by atoms with Gasteiger partial charge in [-0.05, 0) is 68.4 Å². The van der Waals surface area contributed by atoms with E-state index in [0.717, 1.165) is 18.7 Å². The molecule has 1 heterocycles. The molecule has 0 spiro atoms. The Hall–Kier alpha value is -1.28. The molecule has 2 aromatic carbocycles. The van der Waals surface area contributed by atoms with Gasteiger partial charge < -0.3 is 9.64 Å². The van der Waals surface area contributed by atoms with Crippen LogP contribution in [0.3, 0.4) is 0 Å². The number of likely N-dealkylation sites (N-methyl/N-ethyl adjacent to an activating group) is 1. The normalized spacial score (nSPS) is 15.7. The van der Waals surface area contributed by atoms with Crippen molar-refractivity contribution in [3.8, 4) is 0 Å². The summed E-state index contributed by atoms with van der Waals surface area (Å²) >= 11 is 5.21. The number of carbonyl (C=O) groups excluding carboxylic acids is 1. The van der Waals surface area contributed by atoms with Gasteiger partial charge in [-0.3, -0.25) is 4.79 Å². The fourth-order valence-electron chi connectivity index (χ4n) is 3.52. The number of ether oxygens (including phenoxy) is 1. The Labute approximate surface area is 219 Å². The molecule has 1 unspecified atom stereocenters. The molecular weight excluding hydrogens is 481 g/mol. The summed E-state index contributed by atoms with van der Waals surface area (Å²) < 4.78 is 7.45. The maximum atomic E-state index is 11.7. The lowest BCUT2D eigenvalue weighted by Gasteiger charge is -2.29. The van der Waals surface area contributed by atoms with E-state index in [4.69, 9.17) is 4.74 Å². The minimum atomic E-state index is -0.141. The maximum absolute atomic E-state index is 11.7. The average molecular weight is 521 g/mol. The highest BCUT2D eigenvalue weighted by molar-refractivity contribution is 7.99. The van der Waals surface area contributed by atoms with Gasteiger partial charge in [0.1, 0.15) is 0 Å². The summed E-state index contributed by atoms with van der Waals surface area (Å²) in [5.41, 5.74) is 3.77. The first-order chi connectivity index (χ1) is 16.5. The Morgan fingerprint density at radius 2 is 1.82 bits per heavy atom. The Morgan fingerprint density at radius 3 is 2.41 bits per heavy atom. The van der Waals surface area contributed by atoms with Crippen LogP contribution in [-0.2, 0) is 15.3 Å². The van der Waals surface area contributed by atoms with E-state index in [1.165, 1.54) is 39.6 Å². The zero-order valence-electron chi connectivity index (χ0n) is 21.5. The van der Waals surface area contributed by atoms with Crippen molar-refractivity contribution in [2.24, 2.45) is 0 Å². The summed E-state index contributed by atoms with van der Waals surface area (Å²) in [7, 11) is 2.19. The number of carbonyl (C=O) groups is 1. The first-order valence-corrected chi connectivity index (χ1v) is 15.3. The largest absolute Gasteiger partial charge is 0.465 e. The van der Waals surface area contributed by atoms with Crippen molar-refractivity contribution in [2.75, 3.05) is 37.1 Å². The van der Waals surface area contributed by atoms with Crippen LogP contribution in [0.4, 0.5) is 11.4 Å². The molecule has 34 heavy (non-hydrogen) atoms. The number of benzene rings is 2. The zero-order valence-corrected chi connectivity index (χ0v) is 24.0. The Kier molecular flexibility index (Phi) is 13.3. The van der Waals surface area contributed by atoms with E-state index in [1.807, 2.05) is 18.9 Å². The molecule has 0 amide bonds.